The number of hydrogen-bond acceptors (Lipinski definition) is 3. The van der Waals surface area contributed by atoms with Crippen molar-refractivity contribution in [3.8, 4) is 17.2 Å². The second kappa shape index (κ2) is 8.66. The number of urea groups is 1. The Morgan fingerprint density at radius 2 is 1.41 bits per heavy atom. The van der Waals surface area contributed by atoms with Gasteiger partial charge in [0.05, 0.1) is 0 Å². The molecule has 27 heavy (non-hydrogen) atoms. The van der Waals surface area contributed by atoms with Crippen LogP contribution in [-0.2, 0) is 0 Å². The summed E-state index contributed by atoms with van der Waals surface area (Å²) >= 11 is 0. The summed E-state index contributed by atoms with van der Waals surface area (Å²) in [6.45, 7) is -2.89. The number of hydrogen-bond donors (Lipinski definition) is 2. The van der Waals surface area contributed by atoms with E-state index < -0.39 is 12.6 Å². The van der Waals surface area contributed by atoms with Gasteiger partial charge in [0, 0.05) is 17.4 Å². The molecule has 0 heterocycles. The number of halogens is 2. The number of ether oxygens (including phenoxy) is 2. The number of anilines is 2. The minimum Gasteiger partial charge on any atom is -0.457 e. The van der Waals surface area contributed by atoms with Crippen molar-refractivity contribution in [2.75, 3.05) is 10.6 Å². The SMILES string of the molecule is O=C(Nc1ccc(OC(F)F)cc1)Nc1cccc(Oc2ccccc2)c1. The quantitative estimate of drug-likeness (QED) is 0.583. The minimum absolute atomic E-state index is 0.0155. The van der Waals surface area contributed by atoms with Gasteiger partial charge in [-0.15, -0.1) is 0 Å². The molecule has 7 heteroatoms. The molecular formula is C20H16F2N2O3. The molecule has 0 saturated carbocycles. The largest absolute Gasteiger partial charge is 0.457 e. The Hall–Kier alpha value is -3.61. The molecule has 0 bridgehead atoms. The van der Waals surface area contributed by atoms with Crippen molar-refractivity contribution in [1.82, 2.24) is 0 Å². The van der Waals surface area contributed by atoms with Crippen LogP contribution in [-0.4, -0.2) is 12.6 Å². The van der Waals surface area contributed by atoms with Gasteiger partial charge in [-0.3, -0.25) is 0 Å². The first kappa shape index (κ1) is 18.2. The topological polar surface area (TPSA) is 59.6 Å². The fourth-order valence-electron chi connectivity index (χ4n) is 2.28. The minimum atomic E-state index is -2.89. The lowest BCUT2D eigenvalue weighted by Crippen LogP contribution is -2.19. The first-order valence-electron chi connectivity index (χ1n) is 8.04. The number of benzene rings is 3. The number of carbonyl (C=O) groups excluding carboxylic acids is 1. The van der Waals surface area contributed by atoms with Crippen molar-refractivity contribution in [3.05, 3.63) is 78.9 Å². The van der Waals surface area contributed by atoms with Crippen molar-refractivity contribution >= 4 is 17.4 Å². The Labute approximate surface area is 154 Å². The average molecular weight is 370 g/mol. The van der Waals surface area contributed by atoms with Crippen LogP contribution in [0.2, 0.25) is 0 Å². The maximum atomic E-state index is 12.1. The standard InChI is InChI=1S/C20H16F2N2O3/c21-19(22)27-17-11-9-14(10-12-17)23-20(25)24-15-5-4-8-18(13-15)26-16-6-2-1-3-7-16/h1-13,19H,(H2,23,24,25). The first-order valence-corrected chi connectivity index (χ1v) is 8.04. The molecule has 3 rings (SSSR count). The first-order chi connectivity index (χ1) is 13.1. The Kier molecular flexibility index (Phi) is 5.84. The molecule has 0 aliphatic heterocycles. The van der Waals surface area contributed by atoms with Crippen LogP contribution in [0.5, 0.6) is 17.2 Å². The monoisotopic (exact) mass is 370 g/mol. The molecule has 0 saturated heterocycles. The lowest BCUT2D eigenvalue weighted by molar-refractivity contribution is -0.0498. The van der Waals surface area contributed by atoms with Crippen LogP contribution in [0.25, 0.3) is 0 Å². The molecule has 3 aromatic carbocycles. The van der Waals surface area contributed by atoms with E-state index >= 15 is 0 Å². The third-order valence-electron chi connectivity index (χ3n) is 3.41. The Balaban J connectivity index is 1.58. The zero-order valence-electron chi connectivity index (χ0n) is 14.1. The Morgan fingerprint density at radius 1 is 0.741 bits per heavy atom. The van der Waals surface area contributed by atoms with Crippen LogP contribution in [0.4, 0.5) is 25.0 Å². The maximum absolute atomic E-state index is 12.1. The molecule has 0 spiro atoms. The van der Waals surface area contributed by atoms with Gasteiger partial charge in [-0.2, -0.15) is 8.78 Å². The van der Waals surface area contributed by atoms with Crippen LogP contribution in [0.3, 0.4) is 0 Å². The molecule has 3 aromatic rings. The summed E-state index contributed by atoms with van der Waals surface area (Å²) in [6.07, 6.45) is 0. The highest BCUT2D eigenvalue weighted by Gasteiger charge is 2.07. The second-order valence-electron chi connectivity index (χ2n) is 5.42. The van der Waals surface area contributed by atoms with Gasteiger partial charge in [0.15, 0.2) is 0 Å². The third-order valence-corrected chi connectivity index (χ3v) is 3.41. The van der Waals surface area contributed by atoms with Crippen molar-refractivity contribution in [2.24, 2.45) is 0 Å². The number of rotatable bonds is 6. The highest BCUT2D eigenvalue weighted by atomic mass is 19.3. The van der Waals surface area contributed by atoms with Gasteiger partial charge >= 0.3 is 12.6 Å². The number of nitrogens with one attached hydrogen (secondary N) is 2. The van der Waals surface area contributed by atoms with Crippen molar-refractivity contribution < 1.29 is 23.0 Å². The summed E-state index contributed by atoms with van der Waals surface area (Å²) in [5.74, 6) is 1.28. The van der Waals surface area contributed by atoms with Gasteiger partial charge in [-0.05, 0) is 48.5 Å². The van der Waals surface area contributed by atoms with E-state index in [-0.39, 0.29) is 5.75 Å². The van der Waals surface area contributed by atoms with Crippen LogP contribution < -0.4 is 20.1 Å². The van der Waals surface area contributed by atoms with E-state index in [0.717, 1.165) is 0 Å². The van der Waals surface area contributed by atoms with Crippen LogP contribution >= 0.6 is 0 Å². The van der Waals surface area contributed by atoms with E-state index in [0.29, 0.717) is 22.9 Å². The molecule has 0 aliphatic carbocycles. The second-order valence-corrected chi connectivity index (χ2v) is 5.42. The van der Waals surface area contributed by atoms with E-state index in [1.165, 1.54) is 24.3 Å². The van der Waals surface area contributed by atoms with Crippen LogP contribution in [0.1, 0.15) is 0 Å². The molecule has 0 aliphatic rings. The van der Waals surface area contributed by atoms with Crippen molar-refractivity contribution in [1.29, 1.82) is 0 Å². The van der Waals surface area contributed by atoms with E-state index in [1.54, 1.807) is 24.3 Å². The number of amides is 2. The van der Waals surface area contributed by atoms with E-state index in [1.807, 2.05) is 30.3 Å². The fraction of sp³-hybridized carbons (Fsp3) is 0.0500. The van der Waals surface area contributed by atoms with Gasteiger partial charge < -0.3 is 20.1 Å². The summed E-state index contributed by atoms with van der Waals surface area (Å²) in [6, 6.07) is 21.3. The predicted molar refractivity (Wildman–Crippen MR) is 98.7 cm³/mol. The van der Waals surface area contributed by atoms with Gasteiger partial charge in [0.25, 0.3) is 0 Å². The zero-order chi connectivity index (χ0) is 19.1. The van der Waals surface area contributed by atoms with Crippen molar-refractivity contribution in [2.45, 2.75) is 6.61 Å². The molecule has 0 atom stereocenters. The molecule has 0 fully saturated rings. The van der Waals surface area contributed by atoms with Gasteiger partial charge in [-0.25, -0.2) is 4.79 Å². The highest BCUT2D eigenvalue weighted by molar-refractivity contribution is 5.99. The van der Waals surface area contributed by atoms with Gasteiger partial charge in [0.2, 0.25) is 0 Å². The number of alkyl halides is 2. The Bertz CT molecular complexity index is 887. The predicted octanol–water partition coefficient (Wildman–Crippen LogP) is 5.72. The normalized spacial score (nSPS) is 10.3. The molecule has 5 nitrogen and oxygen atoms in total. The molecule has 2 amide bonds. The van der Waals surface area contributed by atoms with Crippen LogP contribution in [0, 0.1) is 0 Å². The third kappa shape index (κ3) is 5.71. The summed E-state index contributed by atoms with van der Waals surface area (Å²) in [5, 5.41) is 5.29. The summed E-state index contributed by atoms with van der Waals surface area (Å²) in [7, 11) is 0. The smallest absolute Gasteiger partial charge is 0.387 e. The lowest BCUT2D eigenvalue weighted by Gasteiger charge is -2.10. The molecule has 0 aromatic heterocycles. The molecule has 0 unspecified atom stereocenters. The summed E-state index contributed by atoms with van der Waals surface area (Å²) in [5.41, 5.74) is 0.976. The summed E-state index contributed by atoms with van der Waals surface area (Å²) < 4.78 is 34.2. The lowest BCUT2D eigenvalue weighted by atomic mass is 10.3. The molecule has 2 N–H and O–H groups in total. The zero-order valence-corrected chi connectivity index (χ0v) is 14.1. The van der Waals surface area contributed by atoms with Gasteiger partial charge in [-0.1, -0.05) is 24.3 Å². The maximum Gasteiger partial charge on any atom is 0.387 e. The molecular weight excluding hydrogens is 354 g/mol. The fourth-order valence-corrected chi connectivity index (χ4v) is 2.28. The Morgan fingerprint density at radius 3 is 2.11 bits per heavy atom. The molecule has 138 valence electrons. The van der Waals surface area contributed by atoms with Crippen molar-refractivity contribution in [3.63, 3.8) is 0 Å². The van der Waals surface area contributed by atoms with E-state index in [4.69, 9.17) is 4.74 Å². The van der Waals surface area contributed by atoms with E-state index in [2.05, 4.69) is 15.4 Å². The number of carbonyl (C=O) groups is 1. The van der Waals surface area contributed by atoms with Gasteiger partial charge in [0.1, 0.15) is 17.2 Å². The summed E-state index contributed by atoms with van der Waals surface area (Å²) in [4.78, 5) is 12.1. The molecule has 0 radical (unpaired) electrons. The highest BCUT2D eigenvalue weighted by Crippen LogP contribution is 2.24. The average Bonchev–Trinajstić information content (AvgIpc) is 2.64. The van der Waals surface area contributed by atoms with Crippen LogP contribution in [0.15, 0.2) is 78.9 Å². The number of para-hydroxylation sites is 1. The van der Waals surface area contributed by atoms with E-state index in [9.17, 15) is 13.6 Å².